The van der Waals surface area contributed by atoms with Gasteiger partial charge in [-0.1, -0.05) is 6.07 Å². The largest absolute Gasteiger partial charge is 0.496 e. The topological polar surface area (TPSA) is 90.1 Å². The smallest absolute Gasteiger partial charge is 0.325 e. The summed E-state index contributed by atoms with van der Waals surface area (Å²) >= 11 is 0. The van der Waals surface area contributed by atoms with Crippen LogP contribution in [0.5, 0.6) is 5.75 Å². The van der Waals surface area contributed by atoms with Gasteiger partial charge in [0.1, 0.15) is 18.1 Å². The number of benzene rings is 1. The van der Waals surface area contributed by atoms with Gasteiger partial charge in [-0.25, -0.2) is 9.07 Å². The molecule has 0 radical (unpaired) electrons. The number of carbonyl (C=O) groups is 1. The van der Waals surface area contributed by atoms with Crippen LogP contribution < -0.4 is 4.74 Å². The molecule has 0 atom stereocenters. The Kier molecular flexibility index (Phi) is 3.18. The van der Waals surface area contributed by atoms with Crippen LogP contribution in [0.4, 0.5) is 4.39 Å². The Hall–Kier alpha value is -2.51. The van der Waals surface area contributed by atoms with Crippen molar-refractivity contribution >= 4 is 5.97 Å². The molecule has 0 amide bonds. The molecule has 7 nitrogen and oxygen atoms in total. The van der Waals surface area contributed by atoms with E-state index in [0.717, 1.165) is 4.68 Å². The molecule has 0 aliphatic rings. The van der Waals surface area contributed by atoms with Crippen LogP contribution in [0.3, 0.4) is 0 Å². The van der Waals surface area contributed by atoms with Crippen molar-refractivity contribution in [2.24, 2.45) is 0 Å². The van der Waals surface area contributed by atoms with Gasteiger partial charge in [0, 0.05) is 0 Å². The first-order valence-electron chi connectivity index (χ1n) is 4.94. The summed E-state index contributed by atoms with van der Waals surface area (Å²) in [5.41, 5.74) is 0.0336. The van der Waals surface area contributed by atoms with E-state index in [1.807, 2.05) is 0 Å². The highest BCUT2D eigenvalue weighted by molar-refractivity contribution is 5.69. The second-order valence-corrected chi connectivity index (χ2v) is 3.37. The van der Waals surface area contributed by atoms with E-state index < -0.39 is 18.3 Å². The Balaban J connectivity index is 2.55. The highest BCUT2D eigenvalue weighted by Crippen LogP contribution is 2.30. The average molecular weight is 252 g/mol. The predicted molar refractivity (Wildman–Crippen MR) is 57.4 cm³/mol. The third kappa shape index (κ3) is 2.12. The van der Waals surface area contributed by atoms with Crippen molar-refractivity contribution in [3.05, 3.63) is 24.0 Å². The summed E-state index contributed by atoms with van der Waals surface area (Å²) in [5, 5.41) is 19.2. The molecule has 0 fully saturated rings. The molecule has 0 bridgehead atoms. The molecule has 2 rings (SSSR count). The van der Waals surface area contributed by atoms with Crippen LogP contribution in [-0.4, -0.2) is 38.4 Å². The van der Waals surface area contributed by atoms with E-state index >= 15 is 0 Å². The lowest BCUT2D eigenvalue weighted by Gasteiger charge is -2.08. The lowest BCUT2D eigenvalue weighted by molar-refractivity contribution is -0.137. The third-order valence-electron chi connectivity index (χ3n) is 2.24. The van der Waals surface area contributed by atoms with Gasteiger partial charge in [0.05, 0.1) is 12.7 Å². The second-order valence-electron chi connectivity index (χ2n) is 3.37. The molecule has 1 aromatic heterocycles. The number of rotatable bonds is 4. The minimum atomic E-state index is -1.13. The SMILES string of the molecule is COc1cccc(F)c1-c1nnnn1CC(=O)O. The molecule has 8 heteroatoms. The quantitative estimate of drug-likeness (QED) is 0.855. The minimum Gasteiger partial charge on any atom is -0.496 e. The molecule has 0 spiro atoms. The van der Waals surface area contributed by atoms with E-state index in [1.165, 1.54) is 25.3 Å². The number of tetrazole rings is 1. The molecule has 1 aromatic carbocycles. The highest BCUT2D eigenvalue weighted by Gasteiger charge is 2.19. The third-order valence-corrected chi connectivity index (χ3v) is 2.24. The number of nitrogens with zero attached hydrogens (tertiary/aromatic N) is 4. The van der Waals surface area contributed by atoms with E-state index in [2.05, 4.69) is 15.5 Å². The fraction of sp³-hybridized carbons (Fsp3) is 0.200. The molecule has 0 unspecified atom stereocenters. The van der Waals surface area contributed by atoms with Crippen molar-refractivity contribution in [3.63, 3.8) is 0 Å². The Labute approximate surface area is 101 Å². The Morgan fingerprint density at radius 3 is 3.00 bits per heavy atom. The van der Waals surface area contributed by atoms with Gasteiger partial charge < -0.3 is 9.84 Å². The van der Waals surface area contributed by atoms with Crippen molar-refractivity contribution < 1.29 is 19.0 Å². The molecule has 0 aliphatic carbocycles. The van der Waals surface area contributed by atoms with Crippen LogP contribution in [0.25, 0.3) is 11.4 Å². The van der Waals surface area contributed by atoms with Gasteiger partial charge in [0.15, 0.2) is 5.82 Å². The number of carboxylic acids is 1. The first-order valence-corrected chi connectivity index (χ1v) is 4.94. The fourth-order valence-corrected chi connectivity index (χ4v) is 1.51. The number of hydrogen-bond donors (Lipinski definition) is 1. The first-order chi connectivity index (χ1) is 8.63. The number of hydrogen-bond acceptors (Lipinski definition) is 5. The van der Waals surface area contributed by atoms with E-state index in [4.69, 9.17) is 9.84 Å². The fourth-order valence-electron chi connectivity index (χ4n) is 1.51. The molecule has 18 heavy (non-hydrogen) atoms. The summed E-state index contributed by atoms with van der Waals surface area (Å²) < 4.78 is 19.8. The molecule has 2 aromatic rings. The predicted octanol–water partition coefficient (Wildman–Crippen LogP) is 0.572. The Morgan fingerprint density at radius 1 is 1.56 bits per heavy atom. The van der Waals surface area contributed by atoms with Crippen LogP contribution in [0.15, 0.2) is 18.2 Å². The van der Waals surface area contributed by atoms with Gasteiger partial charge >= 0.3 is 5.97 Å². The van der Waals surface area contributed by atoms with E-state index in [0.29, 0.717) is 0 Å². The number of aliphatic carboxylic acids is 1. The van der Waals surface area contributed by atoms with Crippen LogP contribution in [-0.2, 0) is 11.3 Å². The zero-order valence-corrected chi connectivity index (χ0v) is 9.37. The summed E-state index contributed by atoms with van der Waals surface area (Å²) in [5.74, 6) is -1.47. The van der Waals surface area contributed by atoms with Crippen molar-refractivity contribution in [1.82, 2.24) is 20.2 Å². The van der Waals surface area contributed by atoms with Crippen LogP contribution in [0.1, 0.15) is 0 Å². The van der Waals surface area contributed by atoms with Gasteiger partial charge in [-0.05, 0) is 22.6 Å². The molecule has 94 valence electrons. The summed E-state index contributed by atoms with van der Waals surface area (Å²) in [7, 11) is 1.38. The number of ether oxygens (including phenoxy) is 1. The number of methoxy groups -OCH3 is 1. The molecule has 1 N–H and O–H groups in total. The Morgan fingerprint density at radius 2 is 2.33 bits per heavy atom. The molecule has 1 heterocycles. The van der Waals surface area contributed by atoms with Crippen LogP contribution in [0.2, 0.25) is 0 Å². The highest BCUT2D eigenvalue weighted by atomic mass is 19.1. The van der Waals surface area contributed by atoms with Crippen molar-refractivity contribution in [3.8, 4) is 17.1 Å². The first kappa shape index (κ1) is 12.0. The molecule has 0 saturated carbocycles. The normalized spacial score (nSPS) is 10.3. The van der Waals surface area contributed by atoms with Gasteiger partial charge in [-0.2, -0.15) is 0 Å². The van der Waals surface area contributed by atoms with Gasteiger partial charge in [-0.3, -0.25) is 4.79 Å². The summed E-state index contributed by atoms with van der Waals surface area (Å²) in [4.78, 5) is 10.6. The molecular formula is C10H9FN4O3. The maximum absolute atomic E-state index is 13.8. The maximum atomic E-state index is 13.8. The molecular weight excluding hydrogens is 243 g/mol. The number of carboxylic acid groups (broad SMARTS) is 1. The molecule has 0 saturated heterocycles. The van der Waals surface area contributed by atoms with Crippen molar-refractivity contribution in [2.75, 3.05) is 7.11 Å². The van der Waals surface area contributed by atoms with Crippen molar-refractivity contribution in [1.29, 1.82) is 0 Å². The number of aromatic nitrogens is 4. The Bertz CT molecular complexity index is 584. The van der Waals surface area contributed by atoms with Gasteiger partial charge in [0.25, 0.3) is 0 Å². The van der Waals surface area contributed by atoms with Crippen molar-refractivity contribution in [2.45, 2.75) is 6.54 Å². The van der Waals surface area contributed by atoms with Crippen LogP contribution in [0, 0.1) is 5.82 Å². The zero-order valence-electron chi connectivity index (χ0n) is 9.37. The van der Waals surface area contributed by atoms with Gasteiger partial charge in [-0.15, -0.1) is 5.10 Å². The lowest BCUT2D eigenvalue weighted by Crippen LogP contribution is -2.12. The number of halogens is 1. The zero-order chi connectivity index (χ0) is 13.1. The summed E-state index contributed by atoms with van der Waals surface area (Å²) in [6, 6.07) is 4.23. The van der Waals surface area contributed by atoms with E-state index in [9.17, 15) is 9.18 Å². The van der Waals surface area contributed by atoms with Crippen LogP contribution >= 0.6 is 0 Å². The molecule has 0 aliphatic heterocycles. The standard InChI is InChI=1S/C10H9FN4O3/c1-18-7-4-2-3-6(11)9(7)10-12-13-14-15(10)5-8(16)17/h2-4H,5H2,1H3,(H,16,17). The monoisotopic (exact) mass is 252 g/mol. The van der Waals surface area contributed by atoms with E-state index in [1.54, 1.807) is 0 Å². The maximum Gasteiger partial charge on any atom is 0.325 e. The lowest BCUT2D eigenvalue weighted by atomic mass is 10.1. The summed E-state index contributed by atoms with van der Waals surface area (Å²) in [6.45, 7) is -0.459. The second kappa shape index (κ2) is 4.78. The minimum absolute atomic E-state index is 0.00681. The van der Waals surface area contributed by atoms with Gasteiger partial charge in [0.2, 0.25) is 0 Å². The average Bonchev–Trinajstić information content (AvgIpc) is 2.75. The summed E-state index contributed by atoms with van der Waals surface area (Å²) in [6.07, 6.45) is 0. The van der Waals surface area contributed by atoms with E-state index in [-0.39, 0.29) is 17.1 Å².